The maximum atomic E-state index is 11.5. The number of nitrogens with zero attached hydrogens (tertiary/aromatic N) is 1. The first kappa shape index (κ1) is 24.7. The number of aromatic carboxylic acids is 1. The van der Waals surface area contributed by atoms with Gasteiger partial charge in [0.15, 0.2) is 0 Å². The van der Waals surface area contributed by atoms with Gasteiger partial charge in [-0.3, -0.25) is 0 Å². The molecule has 33 heavy (non-hydrogen) atoms. The van der Waals surface area contributed by atoms with E-state index in [1.807, 2.05) is 30.0 Å². The first-order chi connectivity index (χ1) is 15.7. The molecule has 0 saturated heterocycles. The van der Waals surface area contributed by atoms with Crippen LogP contribution in [-0.2, 0) is 4.75 Å². The van der Waals surface area contributed by atoms with Gasteiger partial charge in [-0.2, -0.15) is 0 Å². The Hall–Kier alpha value is -2.97. The van der Waals surface area contributed by atoms with Crippen molar-refractivity contribution >= 4 is 23.5 Å². The molecule has 0 unspecified atom stereocenters. The van der Waals surface area contributed by atoms with Crippen molar-refractivity contribution in [3.8, 4) is 0 Å². The fourth-order valence-corrected chi connectivity index (χ4v) is 5.28. The maximum absolute atomic E-state index is 11.5. The summed E-state index contributed by atoms with van der Waals surface area (Å²) < 4.78 is -0.398. The monoisotopic (exact) mass is 448 g/mol. The first-order valence-electron chi connectivity index (χ1n) is 10.4. The standard InChI is InChI=1S/C27H24N2O2S.Li.H/c30-26(31)24-17-10-18-28-25(24)29-19-20-32-27(21-11-4-1-5-12-21,22-13-6-2-7-14-22)23-15-8-3-9-16-23;;/h1-18H,19-20H2,(H,28,29)(H,30,31);;/q;+1;-1. The average Bonchev–Trinajstić information content (AvgIpc) is 2.86. The van der Waals surface area contributed by atoms with Gasteiger partial charge in [0.25, 0.3) is 0 Å². The van der Waals surface area contributed by atoms with Crippen LogP contribution in [-0.4, -0.2) is 28.4 Å². The molecule has 4 aromatic rings. The second kappa shape index (κ2) is 11.8. The third kappa shape index (κ3) is 5.51. The third-order valence-corrected chi connectivity index (χ3v) is 6.84. The van der Waals surface area contributed by atoms with Crippen LogP contribution in [0.2, 0.25) is 0 Å². The van der Waals surface area contributed by atoms with Gasteiger partial charge in [0.2, 0.25) is 0 Å². The van der Waals surface area contributed by atoms with Gasteiger partial charge in [-0.1, -0.05) is 91.0 Å². The van der Waals surface area contributed by atoms with Gasteiger partial charge in [0, 0.05) is 18.5 Å². The molecule has 6 heteroatoms. The Bertz CT molecular complexity index is 1070. The normalized spacial score (nSPS) is 10.8. The molecule has 0 atom stereocenters. The van der Waals surface area contributed by atoms with Gasteiger partial charge in [-0.05, 0) is 28.8 Å². The van der Waals surface area contributed by atoms with E-state index in [1.54, 1.807) is 18.3 Å². The minimum absolute atomic E-state index is 0. The third-order valence-electron chi connectivity index (χ3n) is 5.29. The number of benzene rings is 3. The average molecular weight is 449 g/mol. The van der Waals surface area contributed by atoms with E-state index in [2.05, 4.69) is 83.1 Å². The van der Waals surface area contributed by atoms with Gasteiger partial charge in [0.1, 0.15) is 11.4 Å². The summed E-state index contributed by atoms with van der Waals surface area (Å²) in [5.74, 6) is 0.153. The summed E-state index contributed by atoms with van der Waals surface area (Å²) in [4.78, 5) is 15.7. The molecular weight excluding hydrogens is 423 g/mol. The molecule has 0 fully saturated rings. The number of hydrogen-bond donors (Lipinski definition) is 2. The van der Waals surface area contributed by atoms with Crippen LogP contribution in [0, 0.1) is 0 Å². The van der Waals surface area contributed by atoms with Crippen LogP contribution in [0.4, 0.5) is 5.82 Å². The largest absolute Gasteiger partial charge is 1.00 e. The van der Waals surface area contributed by atoms with Crippen molar-refractivity contribution in [2.45, 2.75) is 4.75 Å². The van der Waals surface area contributed by atoms with Gasteiger partial charge in [-0.25, -0.2) is 9.78 Å². The van der Waals surface area contributed by atoms with Crippen LogP contribution < -0.4 is 24.2 Å². The number of anilines is 1. The molecule has 2 N–H and O–H groups in total. The molecule has 0 saturated carbocycles. The number of carbonyl (C=O) groups is 1. The van der Waals surface area contributed by atoms with E-state index in [0.29, 0.717) is 12.4 Å². The minimum atomic E-state index is -0.986. The van der Waals surface area contributed by atoms with E-state index in [4.69, 9.17) is 0 Å². The predicted octanol–water partition coefficient (Wildman–Crippen LogP) is 3.03. The van der Waals surface area contributed by atoms with Crippen molar-refractivity contribution < 1.29 is 30.2 Å². The van der Waals surface area contributed by atoms with Crippen molar-refractivity contribution in [1.82, 2.24) is 4.98 Å². The Balaban J connectivity index is 0.00000204. The van der Waals surface area contributed by atoms with E-state index >= 15 is 0 Å². The van der Waals surface area contributed by atoms with Gasteiger partial charge in [-0.15, -0.1) is 11.8 Å². The molecule has 4 nitrogen and oxygen atoms in total. The summed E-state index contributed by atoms with van der Waals surface area (Å²) in [7, 11) is 0. The van der Waals surface area contributed by atoms with E-state index in [1.165, 1.54) is 16.7 Å². The Kier molecular flexibility index (Phi) is 8.79. The summed E-state index contributed by atoms with van der Waals surface area (Å²) in [6, 6.07) is 34.7. The van der Waals surface area contributed by atoms with Crippen LogP contribution in [0.5, 0.6) is 0 Å². The van der Waals surface area contributed by atoms with Crippen molar-refractivity contribution in [3.63, 3.8) is 0 Å². The van der Waals surface area contributed by atoms with Crippen molar-refractivity contribution in [2.24, 2.45) is 0 Å². The topological polar surface area (TPSA) is 62.2 Å². The smallest absolute Gasteiger partial charge is 1.00 e. The van der Waals surface area contributed by atoms with Crippen molar-refractivity contribution in [2.75, 3.05) is 17.6 Å². The summed E-state index contributed by atoms with van der Waals surface area (Å²) >= 11 is 1.82. The fourth-order valence-electron chi connectivity index (χ4n) is 3.86. The zero-order chi connectivity index (χ0) is 22.2. The van der Waals surface area contributed by atoms with Gasteiger partial charge >= 0.3 is 24.8 Å². The van der Waals surface area contributed by atoms with E-state index in [0.717, 1.165) is 5.75 Å². The van der Waals surface area contributed by atoms with E-state index in [-0.39, 0.29) is 25.9 Å². The Morgan fingerprint density at radius 1 is 0.818 bits per heavy atom. The van der Waals surface area contributed by atoms with Crippen LogP contribution in [0.1, 0.15) is 28.5 Å². The molecule has 0 amide bonds. The number of nitrogens with one attached hydrogen (secondary N) is 1. The molecule has 0 spiro atoms. The van der Waals surface area contributed by atoms with Crippen LogP contribution in [0.3, 0.4) is 0 Å². The molecule has 0 aliphatic carbocycles. The van der Waals surface area contributed by atoms with Crippen molar-refractivity contribution in [1.29, 1.82) is 0 Å². The van der Waals surface area contributed by atoms with Crippen molar-refractivity contribution in [3.05, 3.63) is 132 Å². The molecule has 1 heterocycles. The quantitative estimate of drug-likeness (QED) is 0.234. The van der Waals surface area contributed by atoms with Crippen LogP contribution in [0.15, 0.2) is 109 Å². The molecule has 162 valence electrons. The number of pyridine rings is 1. The molecule has 0 bridgehead atoms. The molecule has 4 rings (SSSR count). The summed E-state index contributed by atoms with van der Waals surface area (Å²) in [5.41, 5.74) is 3.78. The second-order valence-electron chi connectivity index (χ2n) is 7.26. The number of aromatic nitrogens is 1. The summed E-state index contributed by atoms with van der Waals surface area (Å²) in [6.07, 6.45) is 1.60. The van der Waals surface area contributed by atoms with E-state index in [9.17, 15) is 9.90 Å². The molecule has 0 aliphatic heterocycles. The Morgan fingerprint density at radius 3 is 1.76 bits per heavy atom. The Labute approximate surface area is 212 Å². The number of hydrogen-bond acceptors (Lipinski definition) is 4. The molecule has 0 aliphatic rings. The van der Waals surface area contributed by atoms with Gasteiger partial charge < -0.3 is 11.8 Å². The molecule has 3 aromatic carbocycles. The minimum Gasteiger partial charge on any atom is -1.00 e. The zero-order valence-electron chi connectivity index (χ0n) is 19.5. The number of rotatable bonds is 9. The second-order valence-corrected chi connectivity index (χ2v) is 8.57. The fraction of sp³-hybridized carbons (Fsp3) is 0.111. The Morgan fingerprint density at radius 2 is 1.30 bits per heavy atom. The molecule has 0 radical (unpaired) electrons. The van der Waals surface area contributed by atoms with Crippen LogP contribution >= 0.6 is 11.8 Å². The van der Waals surface area contributed by atoms with Gasteiger partial charge in [0.05, 0.1) is 4.75 Å². The number of carboxylic acid groups (broad SMARTS) is 1. The summed E-state index contributed by atoms with van der Waals surface area (Å²) in [5, 5.41) is 12.6. The maximum Gasteiger partial charge on any atom is 1.00 e. The number of thioether (sulfide) groups is 1. The SMILES string of the molecule is O=C(O)c1cccnc1NCCSC(c1ccccc1)(c1ccccc1)c1ccccc1.[H-].[Li+]. The first-order valence-corrected chi connectivity index (χ1v) is 11.4. The molecular formula is C27H25LiN2O2S. The number of carboxylic acids is 1. The predicted molar refractivity (Wildman–Crippen MR) is 132 cm³/mol. The zero-order valence-corrected chi connectivity index (χ0v) is 19.3. The van der Waals surface area contributed by atoms with Crippen LogP contribution in [0.25, 0.3) is 0 Å². The summed E-state index contributed by atoms with van der Waals surface area (Å²) in [6.45, 7) is 0.580. The molecule has 1 aromatic heterocycles. The van der Waals surface area contributed by atoms with E-state index < -0.39 is 10.7 Å².